The highest BCUT2D eigenvalue weighted by atomic mass is 16.3. The van der Waals surface area contributed by atoms with E-state index in [4.69, 9.17) is 4.42 Å². The Labute approximate surface area is 113 Å². The van der Waals surface area contributed by atoms with E-state index in [-0.39, 0.29) is 11.9 Å². The quantitative estimate of drug-likeness (QED) is 0.913. The number of benzene rings is 1. The first-order valence-corrected chi connectivity index (χ1v) is 6.45. The van der Waals surface area contributed by atoms with Crippen molar-refractivity contribution >= 4 is 5.91 Å². The van der Waals surface area contributed by atoms with Crippen LogP contribution in [-0.2, 0) is 11.2 Å². The summed E-state index contributed by atoms with van der Waals surface area (Å²) in [5, 5.41) is 2.93. The summed E-state index contributed by atoms with van der Waals surface area (Å²) < 4.78 is 5.27. The molecular weight excluding hydrogens is 238 g/mol. The van der Waals surface area contributed by atoms with Crippen LogP contribution >= 0.6 is 0 Å². The minimum atomic E-state index is -0.103. The lowest BCUT2D eigenvalue weighted by Gasteiger charge is -2.12. The Kier molecular flexibility index (Phi) is 4.05. The first kappa shape index (κ1) is 13.4. The topological polar surface area (TPSA) is 42.2 Å². The second-order valence-corrected chi connectivity index (χ2v) is 4.90. The molecule has 3 nitrogen and oxygen atoms in total. The predicted octanol–water partition coefficient (Wildman–Crippen LogP) is 3.32. The Bertz CT molecular complexity index is 558. The molecule has 1 heterocycles. The number of aryl methyl sites for hydroxylation is 2. The first-order valence-electron chi connectivity index (χ1n) is 6.45. The molecule has 0 saturated carbocycles. The highest BCUT2D eigenvalue weighted by molar-refractivity contribution is 5.79. The fourth-order valence-corrected chi connectivity index (χ4v) is 2.00. The van der Waals surface area contributed by atoms with Gasteiger partial charge in [-0.1, -0.05) is 18.2 Å². The molecule has 2 rings (SSSR count). The van der Waals surface area contributed by atoms with Crippen molar-refractivity contribution in [3.05, 3.63) is 59.0 Å². The summed E-state index contributed by atoms with van der Waals surface area (Å²) in [7, 11) is 0. The summed E-state index contributed by atoms with van der Waals surface area (Å²) in [4.78, 5) is 12.0. The molecule has 3 heteroatoms. The number of carbonyl (C=O) groups excluding carboxylic acids is 1. The molecule has 0 aliphatic carbocycles. The molecule has 0 aliphatic rings. The SMILES string of the molecule is Cc1ccc(CC(=O)NC(C)c2ccco2)cc1C. The van der Waals surface area contributed by atoms with E-state index in [1.807, 2.05) is 31.2 Å². The van der Waals surface area contributed by atoms with Crippen molar-refractivity contribution in [2.24, 2.45) is 0 Å². The smallest absolute Gasteiger partial charge is 0.224 e. The largest absolute Gasteiger partial charge is 0.467 e. The standard InChI is InChI=1S/C16H19NO2/c1-11-6-7-14(9-12(11)2)10-16(18)17-13(3)15-5-4-8-19-15/h4-9,13H,10H2,1-3H3,(H,17,18). The second-order valence-electron chi connectivity index (χ2n) is 4.90. The number of carbonyl (C=O) groups is 1. The van der Waals surface area contributed by atoms with Crippen molar-refractivity contribution in [1.29, 1.82) is 0 Å². The van der Waals surface area contributed by atoms with Crippen LogP contribution in [0.5, 0.6) is 0 Å². The van der Waals surface area contributed by atoms with Gasteiger partial charge < -0.3 is 9.73 Å². The number of hydrogen-bond acceptors (Lipinski definition) is 2. The van der Waals surface area contributed by atoms with Crippen LogP contribution in [0.25, 0.3) is 0 Å². The van der Waals surface area contributed by atoms with Gasteiger partial charge >= 0.3 is 0 Å². The maximum absolute atomic E-state index is 12.0. The molecule has 1 atom stereocenters. The predicted molar refractivity (Wildman–Crippen MR) is 74.9 cm³/mol. The molecule has 19 heavy (non-hydrogen) atoms. The van der Waals surface area contributed by atoms with Gasteiger partial charge in [0.2, 0.25) is 5.91 Å². The Morgan fingerprint density at radius 2 is 2.05 bits per heavy atom. The molecule has 1 N–H and O–H groups in total. The number of furan rings is 1. The van der Waals surface area contributed by atoms with Gasteiger partial charge in [0.1, 0.15) is 5.76 Å². The van der Waals surface area contributed by atoms with Crippen LogP contribution in [0, 0.1) is 13.8 Å². The van der Waals surface area contributed by atoms with E-state index < -0.39 is 0 Å². The summed E-state index contributed by atoms with van der Waals surface area (Å²) in [6, 6.07) is 9.69. The van der Waals surface area contributed by atoms with Gasteiger partial charge in [0.25, 0.3) is 0 Å². The van der Waals surface area contributed by atoms with Crippen molar-refractivity contribution in [2.75, 3.05) is 0 Å². The minimum Gasteiger partial charge on any atom is -0.467 e. The normalized spacial score (nSPS) is 12.2. The van der Waals surface area contributed by atoms with Crippen LogP contribution < -0.4 is 5.32 Å². The lowest BCUT2D eigenvalue weighted by Crippen LogP contribution is -2.27. The van der Waals surface area contributed by atoms with Gasteiger partial charge in [-0.3, -0.25) is 4.79 Å². The zero-order chi connectivity index (χ0) is 13.8. The van der Waals surface area contributed by atoms with Gasteiger partial charge in [0.15, 0.2) is 0 Å². The zero-order valence-corrected chi connectivity index (χ0v) is 11.6. The third kappa shape index (κ3) is 3.47. The van der Waals surface area contributed by atoms with Crippen LogP contribution in [0.1, 0.15) is 35.4 Å². The average Bonchev–Trinajstić information content (AvgIpc) is 2.87. The number of amides is 1. The summed E-state index contributed by atoms with van der Waals surface area (Å²) in [5.41, 5.74) is 3.49. The summed E-state index contributed by atoms with van der Waals surface area (Å²) in [6.45, 7) is 6.04. The lowest BCUT2D eigenvalue weighted by molar-refractivity contribution is -0.121. The lowest BCUT2D eigenvalue weighted by atomic mass is 10.0. The van der Waals surface area contributed by atoms with Crippen molar-refractivity contribution < 1.29 is 9.21 Å². The van der Waals surface area contributed by atoms with Gasteiger partial charge in [-0.05, 0) is 49.6 Å². The average molecular weight is 257 g/mol. The van der Waals surface area contributed by atoms with E-state index in [0.29, 0.717) is 6.42 Å². The van der Waals surface area contributed by atoms with Crippen molar-refractivity contribution in [1.82, 2.24) is 5.32 Å². The van der Waals surface area contributed by atoms with E-state index in [1.54, 1.807) is 6.26 Å². The van der Waals surface area contributed by atoms with E-state index in [9.17, 15) is 4.79 Å². The molecule has 0 bridgehead atoms. The molecule has 1 aromatic heterocycles. The molecule has 1 unspecified atom stereocenters. The third-order valence-electron chi connectivity index (χ3n) is 3.28. The monoisotopic (exact) mass is 257 g/mol. The van der Waals surface area contributed by atoms with E-state index in [0.717, 1.165) is 11.3 Å². The van der Waals surface area contributed by atoms with Gasteiger partial charge in [-0.2, -0.15) is 0 Å². The minimum absolute atomic E-state index is 0.00662. The fraction of sp³-hybridized carbons (Fsp3) is 0.312. The number of nitrogens with one attached hydrogen (secondary N) is 1. The summed E-state index contributed by atoms with van der Waals surface area (Å²) in [5.74, 6) is 0.778. The molecule has 0 aliphatic heterocycles. The first-order chi connectivity index (χ1) is 9.06. The summed E-state index contributed by atoms with van der Waals surface area (Å²) >= 11 is 0. The maximum Gasteiger partial charge on any atom is 0.224 e. The van der Waals surface area contributed by atoms with Gasteiger partial charge in [0, 0.05) is 0 Å². The molecule has 1 aromatic carbocycles. The molecule has 1 amide bonds. The Hall–Kier alpha value is -2.03. The summed E-state index contributed by atoms with van der Waals surface area (Å²) in [6.07, 6.45) is 2.01. The van der Waals surface area contributed by atoms with Crippen LogP contribution in [0.15, 0.2) is 41.0 Å². The van der Waals surface area contributed by atoms with Crippen LogP contribution in [0.4, 0.5) is 0 Å². The van der Waals surface area contributed by atoms with Crippen molar-refractivity contribution in [3.8, 4) is 0 Å². The fourth-order valence-electron chi connectivity index (χ4n) is 2.00. The van der Waals surface area contributed by atoms with Gasteiger partial charge in [0.05, 0.1) is 18.7 Å². The third-order valence-corrected chi connectivity index (χ3v) is 3.28. The molecule has 100 valence electrons. The van der Waals surface area contributed by atoms with Gasteiger partial charge in [-0.15, -0.1) is 0 Å². The highest BCUT2D eigenvalue weighted by Crippen LogP contribution is 2.14. The highest BCUT2D eigenvalue weighted by Gasteiger charge is 2.12. The molecule has 0 fully saturated rings. The Balaban J connectivity index is 1.95. The van der Waals surface area contributed by atoms with Crippen LogP contribution in [-0.4, -0.2) is 5.91 Å². The zero-order valence-electron chi connectivity index (χ0n) is 11.6. The molecule has 0 spiro atoms. The molecule has 2 aromatic rings. The second kappa shape index (κ2) is 5.74. The molecular formula is C16H19NO2. The van der Waals surface area contributed by atoms with E-state index >= 15 is 0 Å². The van der Waals surface area contributed by atoms with Crippen molar-refractivity contribution in [2.45, 2.75) is 33.2 Å². The maximum atomic E-state index is 12.0. The molecule has 0 saturated heterocycles. The molecule has 0 radical (unpaired) electrons. The Morgan fingerprint density at radius 3 is 2.68 bits per heavy atom. The Morgan fingerprint density at radius 1 is 1.26 bits per heavy atom. The van der Waals surface area contributed by atoms with Crippen molar-refractivity contribution in [3.63, 3.8) is 0 Å². The van der Waals surface area contributed by atoms with Crippen LogP contribution in [0.2, 0.25) is 0 Å². The number of rotatable bonds is 4. The number of hydrogen-bond donors (Lipinski definition) is 1. The van der Waals surface area contributed by atoms with Gasteiger partial charge in [-0.25, -0.2) is 0 Å². The van der Waals surface area contributed by atoms with E-state index in [2.05, 4.69) is 25.2 Å². The van der Waals surface area contributed by atoms with Crippen LogP contribution in [0.3, 0.4) is 0 Å². The van der Waals surface area contributed by atoms with E-state index in [1.165, 1.54) is 11.1 Å².